The van der Waals surface area contributed by atoms with E-state index >= 15 is 0 Å². The van der Waals surface area contributed by atoms with Crippen LogP contribution in [0.3, 0.4) is 0 Å². The van der Waals surface area contributed by atoms with Crippen LogP contribution < -0.4 is 15.4 Å². The van der Waals surface area contributed by atoms with Crippen LogP contribution in [0.25, 0.3) is 0 Å². The molecule has 3 rings (SSSR count). The van der Waals surface area contributed by atoms with Gasteiger partial charge in [0.2, 0.25) is 0 Å². The molecular formula is C19H29N3O4S. The molecule has 8 heteroatoms. The number of nitrogens with one attached hydrogen (secondary N) is 2. The molecule has 2 amide bonds. The summed E-state index contributed by atoms with van der Waals surface area (Å²) < 4.78 is 28.7. The molecule has 2 saturated heterocycles. The topological polar surface area (TPSA) is 87.7 Å². The number of methoxy groups -OCH3 is 1. The summed E-state index contributed by atoms with van der Waals surface area (Å²) >= 11 is 0. The molecule has 1 aromatic rings. The minimum absolute atomic E-state index is 0.00144. The molecule has 0 radical (unpaired) electrons. The molecule has 0 aromatic heterocycles. The second kappa shape index (κ2) is 8.06. The van der Waals surface area contributed by atoms with Gasteiger partial charge in [0.1, 0.15) is 5.75 Å². The van der Waals surface area contributed by atoms with Crippen LogP contribution in [0.1, 0.15) is 37.8 Å². The lowest BCUT2D eigenvalue weighted by Gasteiger charge is -2.29. The van der Waals surface area contributed by atoms with Gasteiger partial charge in [-0.25, -0.2) is 13.2 Å². The number of nitrogens with zero attached hydrogens (tertiary/aromatic N) is 1. The standard InChI is InChI=1S/C19H29N3O4S/c1-19(9-12-27(24,25)14-19)21-18(23)20-13-17(22-10-3-4-11-22)15-5-7-16(26-2)8-6-15/h5-8,17H,3-4,9-14H2,1-2H3,(H2,20,21,23)/t17-,19-/m0/s1. The summed E-state index contributed by atoms with van der Waals surface area (Å²) in [6.07, 6.45) is 2.78. The van der Waals surface area contributed by atoms with E-state index in [0.717, 1.165) is 37.2 Å². The molecule has 1 aromatic carbocycles. The van der Waals surface area contributed by atoms with Crippen molar-refractivity contribution in [2.75, 3.05) is 38.2 Å². The normalized spacial score (nSPS) is 25.9. The van der Waals surface area contributed by atoms with E-state index in [9.17, 15) is 13.2 Å². The number of carbonyl (C=O) groups is 1. The summed E-state index contributed by atoms with van der Waals surface area (Å²) in [7, 11) is -1.41. The van der Waals surface area contributed by atoms with Crippen LogP contribution in [-0.4, -0.2) is 63.1 Å². The molecule has 2 aliphatic heterocycles. The Bertz CT molecular complexity index is 760. The third-order valence-corrected chi connectivity index (χ3v) is 7.36. The summed E-state index contributed by atoms with van der Waals surface area (Å²) in [6.45, 7) is 4.28. The van der Waals surface area contributed by atoms with Gasteiger partial charge in [-0.3, -0.25) is 4.90 Å². The zero-order valence-corrected chi connectivity index (χ0v) is 16.8. The van der Waals surface area contributed by atoms with E-state index in [1.807, 2.05) is 24.3 Å². The van der Waals surface area contributed by atoms with Gasteiger partial charge in [0.25, 0.3) is 0 Å². The van der Waals surface area contributed by atoms with Crippen LogP contribution in [0.15, 0.2) is 24.3 Å². The van der Waals surface area contributed by atoms with Crippen molar-refractivity contribution in [3.8, 4) is 5.75 Å². The van der Waals surface area contributed by atoms with Crippen LogP contribution in [-0.2, 0) is 9.84 Å². The highest BCUT2D eigenvalue weighted by Gasteiger charge is 2.39. The smallest absolute Gasteiger partial charge is 0.315 e. The fourth-order valence-corrected chi connectivity index (χ4v) is 6.05. The van der Waals surface area contributed by atoms with Gasteiger partial charge < -0.3 is 15.4 Å². The summed E-state index contributed by atoms with van der Waals surface area (Å²) in [6, 6.07) is 7.71. The summed E-state index contributed by atoms with van der Waals surface area (Å²) in [5.41, 5.74) is 0.444. The number of sulfone groups is 1. The lowest BCUT2D eigenvalue weighted by Crippen LogP contribution is -2.52. The first-order chi connectivity index (χ1) is 12.8. The number of hydrogen-bond acceptors (Lipinski definition) is 5. The van der Waals surface area contributed by atoms with Crippen LogP contribution in [0.4, 0.5) is 4.79 Å². The number of rotatable bonds is 6. The van der Waals surface area contributed by atoms with Crippen molar-refractivity contribution >= 4 is 15.9 Å². The maximum Gasteiger partial charge on any atom is 0.315 e. The largest absolute Gasteiger partial charge is 0.497 e. The molecular weight excluding hydrogens is 366 g/mol. The lowest BCUT2D eigenvalue weighted by atomic mass is 10.0. The Hall–Kier alpha value is -1.80. The van der Waals surface area contributed by atoms with Gasteiger partial charge in [-0.15, -0.1) is 0 Å². The number of hydrogen-bond donors (Lipinski definition) is 2. The predicted octanol–water partition coefficient (Wildman–Crippen LogP) is 1.71. The van der Waals surface area contributed by atoms with Crippen molar-refractivity contribution in [3.63, 3.8) is 0 Å². The molecule has 27 heavy (non-hydrogen) atoms. The highest BCUT2D eigenvalue weighted by atomic mass is 32.2. The summed E-state index contributed by atoms with van der Waals surface area (Å²) in [4.78, 5) is 14.8. The average Bonchev–Trinajstić information content (AvgIpc) is 3.23. The van der Waals surface area contributed by atoms with Crippen molar-refractivity contribution < 1.29 is 17.9 Å². The van der Waals surface area contributed by atoms with E-state index in [1.54, 1.807) is 14.0 Å². The molecule has 2 heterocycles. The zero-order valence-electron chi connectivity index (χ0n) is 16.0. The van der Waals surface area contributed by atoms with E-state index in [4.69, 9.17) is 4.74 Å². The van der Waals surface area contributed by atoms with E-state index in [0.29, 0.717) is 13.0 Å². The highest BCUT2D eigenvalue weighted by Crippen LogP contribution is 2.26. The second-order valence-electron chi connectivity index (χ2n) is 7.77. The van der Waals surface area contributed by atoms with Crippen LogP contribution in [0.2, 0.25) is 0 Å². The first-order valence-corrected chi connectivity index (χ1v) is 11.3. The van der Waals surface area contributed by atoms with Crippen molar-refractivity contribution in [2.24, 2.45) is 0 Å². The molecule has 2 aliphatic rings. The monoisotopic (exact) mass is 395 g/mol. The van der Waals surface area contributed by atoms with Crippen molar-refractivity contribution in [1.29, 1.82) is 0 Å². The van der Waals surface area contributed by atoms with Crippen LogP contribution in [0.5, 0.6) is 5.75 Å². The second-order valence-corrected chi connectivity index (χ2v) is 9.95. The van der Waals surface area contributed by atoms with Crippen molar-refractivity contribution in [2.45, 2.75) is 37.8 Å². The van der Waals surface area contributed by atoms with E-state index < -0.39 is 15.4 Å². The molecule has 0 spiro atoms. The molecule has 7 nitrogen and oxygen atoms in total. The molecule has 2 fully saturated rings. The maximum atomic E-state index is 12.4. The Morgan fingerprint density at radius 2 is 1.93 bits per heavy atom. The van der Waals surface area contributed by atoms with Gasteiger partial charge in [0, 0.05) is 6.54 Å². The number of likely N-dealkylation sites (tertiary alicyclic amines) is 1. The number of urea groups is 1. The minimum atomic E-state index is -3.06. The van der Waals surface area contributed by atoms with Gasteiger partial charge in [-0.1, -0.05) is 12.1 Å². The fraction of sp³-hybridized carbons (Fsp3) is 0.632. The Morgan fingerprint density at radius 1 is 1.26 bits per heavy atom. The Kier molecular flexibility index (Phi) is 5.95. The molecule has 0 unspecified atom stereocenters. The van der Waals surface area contributed by atoms with E-state index in [1.165, 1.54) is 0 Å². The Morgan fingerprint density at radius 3 is 2.48 bits per heavy atom. The van der Waals surface area contributed by atoms with Gasteiger partial charge in [-0.2, -0.15) is 0 Å². The highest BCUT2D eigenvalue weighted by molar-refractivity contribution is 7.91. The third-order valence-electron chi connectivity index (χ3n) is 5.46. The molecule has 2 atom stereocenters. The minimum Gasteiger partial charge on any atom is -0.497 e. The van der Waals surface area contributed by atoms with Gasteiger partial charge in [0.05, 0.1) is 30.2 Å². The van der Waals surface area contributed by atoms with Gasteiger partial charge >= 0.3 is 6.03 Å². The van der Waals surface area contributed by atoms with Crippen LogP contribution in [0, 0.1) is 0 Å². The number of amides is 2. The lowest BCUT2D eigenvalue weighted by molar-refractivity contribution is 0.214. The average molecular weight is 396 g/mol. The first kappa shape index (κ1) is 19.9. The van der Waals surface area contributed by atoms with Gasteiger partial charge in [0.15, 0.2) is 9.84 Å². The predicted molar refractivity (Wildman–Crippen MR) is 105 cm³/mol. The fourth-order valence-electron chi connectivity index (χ4n) is 3.95. The zero-order chi connectivity index (χ0) is 19.5. The van der Waals surface area contributed by atoms with E-state index in [-0.39, 0.29) is 23.6 Å². The quantitative estimate of drug-likeness (QED) is 0.766. The summed E-state index contributed by atoms with van der Waals surface area (Å²) in [5.74, 6) is 0.938. The van der Waals surface area contributed by atoms with Crippen molar-refractivity contribution in [1.82, 2.24) is 15.5 Å². The Balaban J connectivity index is 1.63. The van der Waals surface area contributed by atoms with Crippen LogP contribution >= 0.6 is 0 Å². The van der Waals surface area contributed by atoms with E-state index in [2.05, 4.69) is 15.5 Å². The molecule has 150 valence electrons. The summed E-state index contributed by atoms with van der Waals surface area (Å²) in [5, 5.41) is 5.81. The molecule has 0 aliphatic carbocycles. The third kappa shape index (κ3) is 5.13. The number of ether oxygens (including phenoxy) is 1. The first-order valence-electron chi connectivity index (χ1n) is 9.45. The Labute approximate surface area is 161 Å². The SMILES string of the molecule is COc1ccc([C@H](CNC(=O)N[C@@]2(C)CCS(=O)(=O)C2)N2CCCC2)cc1. The molecule has 0 saturated carbocycles. The van der Waals surface area contributed by atoms with Crippen molar-refractivity contribution in [3.05, 3.63) is 29.8 Å². The molecule has 0 bridgehead atoms. The number of carbonyl (C=O) groups excluding carboxylic acids is 1. The molecule has 2 N–H and O–H groups in total. The maximum absolute atomic E-state index is 12.4. The van der Waals surface area contributed by atoms with Gasteiger partial charge in [-0.05, 0) is 57.0 Å². The number of benzene rings is 1.